The Morgan fingerprint density at radius 1 is 1.10 bits per heavy atom. The summed E-state index contributed by atoms with van der Waals surface area (Å²) in [5, 5.41) is 15.6. The van der Waals surface area contributed by atoms with Crippen molar-refractivity contribution in [1.82, 2.24) is 15.5 Å². The Morgan fingerprint density at radius 3 is 2.71 bits per heavy atom. The summed E-state index contributed by atoms with van der Waals surface area (Å²) in [6.45, 7) is 4.09. The molecule has 6 heteroatoms. The van der Waals surface area contributed by atoms with Gasteiger partial charge in [0, 0.05) is 19.1 Å². The first kappa shape index (κ1) is 16.2. The number of hydrogen-bond acceptors (Lipinski definition) is 4. The molecule has 2 fully saturated rings. The highest BCUT2D eigenvalue weighted by atomic mass is 16.4. The Kier molecular flexibility index (Phi) is 6.45. The molecule has 21 heavy (non-hydrogen) atoms. The highest BCUT2D eigenvalue weighted by Gasteiger charge is 2.30. The molecule has 0 aromatic heterocycles. The third-order valence-corrected chi connectivity index (χ3v) is 4.48. The zero-order chi connectivity index (χ0) is 15.1. The number of rotatable bonds is 4. The minimum Gasteiger partial charge on any atom is -0.481 e. The summed E-state index contributed by atoms with van der Waals surface area (Å²) >= 11 is 0. The highest BCUT2D eigenvalue weighted by Crippen LogP contribution is 2.23. The molecule has 0 aromatic rings. The first-order valence-electron chi connectivity index (χ1n) is 8.12. The standard InChI is InChI=1S/C15H27N3O3/c19-14(11-18-9-4-7-16-8-10-18)17-13-6-3-1-2-5-12(13)15(20)21/h12-13,16H,1-11H2,(H,17,19)(H,20,21). The van der Waals surface area contributed by atoms with Gasteiger partial charge >= 0.3 is 5.97 Å². The Bertz CT molecular complexity index is 354. The second-order valence-electron chi connectivity index (χ2n) is 6.14. The van der Waals surface area contributed by atoms with Gasteiger partial charge in [0.05, 0.1) is 12.5 Å². The van der Waals surface area contributed by atoms with E-state index in [4.69, 9.17) is 0 Å². The molecule has 1 amide bonds. The quantitative estimate of drug-likeness (QED) is 0.656. The summed E-state index contributed by atoms with van der Waals surface area (Å²) in [6.07, 6.45) is 5.52. The van der Waals surface area contributed by atoms with E-state index in [1.54, 1.807) is 0 Å². The van der Waals surface area contributed by atoms with Gasteiger partial charge in [-0.2, -0.15) is 0 Å². The number of carbonyl (C=O) groups excluding carboxylic acids is 1. The molecule has 1 heterocycles. The molecule has 0 aromatic carbocycles. The second kappa shape index (κ2) is 8.34. The van der Waals surface area contributed by atoms with E-state index in [9.17, 15) is 14.7 Å². The molecule has 1 saturated carbocycles. The maximum atomic E-state index is 12.2. The summed E-state index contributed by atoms with van der Waals surface area (Å²) in [5.74, 6) is -1.24. The van der Waals surface area contributed by atoms with E-state index >= 15 is 0 Å². The van der Waals surface area contributed by atoms with E-state index in [0.29, 0.717) is 13.0 Å². The van der Waals surface area contributed by atoms with Crippen LogP contribution in [0.2, 0.25) is 0 Å². The van der Waals surface area contributed by atoms with Crippen LogP contribution in [-0.2, 0) is 9.59 Å². The fourth-order valence-electron chi connectivity index (χ4n) is 3.29. The van der Waals surface area contributed by atoms with Gasteiger partial charge in [-0.25, -0.2) is 0 Å². The van der Waals surface area contributed by atoms with Crippen LogP contribution in [0, 0.1) is 5.92 Å². The minimum atomic E-state index is -0.777. The number of aliphatic carboxylic acids is 1. The first-order chi connectivity index (χ1) is 10.2. The zero-order valence-electron chi connectivity index (χ0n) is 12.6. The summed E-state index contributed by atoms with van der Waals surface area (Å²) in [4.78, 5) is 25.7. The molecule has 2 atom stereocenters. The molecule has 0 spiro atoms. The summed E-state index contributed by atoms with van der Waals surface area (Å²) in [6, 6.07) is -0.206. The van der Waals surface area contributed by atoms with Gasteiger partial charge in [-0.05, 0) is 32.4 Å². The molecule has 0 bridgehead atoms. The number of carboxylic acids is 1. The maximum absolute atomic E-state index is 12.2. The van der Waals surface area contributed by atoms with Gasteiger partial charge in [0.2, 0.25) is 5.91 Å². The van der Waals surface area contributed by atoms with Crippen molar-refractivity contribution < 1.29 is 14.7 Å². The number of nitrogens with zero attached hydrogens (tertiary/aromatic N) is 1. The first-order valence-corrected chi connectivity index (χ1v) is 8.12. The molecule has 1 aliphatic carbocycles. The average Bonchev–Trinajstić information content (AvgIpc) is 2.81. The van der Waals surface area contributed by atoms with E-state index < -0.39 is 11.9 Å². The number of carboxylic acid groups (broad SMARTS) is 1. The third-order valence-electron chi connectivity index (χ3n) is 4.48. The summed E-state index contributed by atoms with van der Waals surface area (Å²) < 4.78 is 0. The SMILES string of the molecule is O=C(CN1CCCNCC1)NC1CCCCCC1C(=O)O. The molecule has 3 N–H and O–H groups in total. The van der Waals surface area contributed by atoms with Crippen LogP contribution < -0.4 is 10.6 Å². The van der Waals surface area contributed by atoms with Gasteiger partial charge in [0.15, 0.2) is 0 Å². The lowest BCUT2D eigenvalue weighted by Crippen LogP contribution is -2.47. The van der Waals surface area contributed by atoms with Crippen molar-refractivity contribution in [2.24, 2.45) is 5.92 Å². The van der Waals surface area contributed by atoms with Gasteiger partial charge in [-0.1, -0.05) is 19.3 Å². The second-order valence-corrected chi connectivity index (χ2v) is 6.14. The van der Waals surface area contributed by atoms with Crippen molar-refractivity contribution >= 4 is 11.9 Å². The summed E-state index contributed by atoms with van der Waals surface area (Å²) in [5.41, 5.74) is 0. The van der Waals surface area contributed by atoms with E-state index in [1.165, 1.54) is 0 Å². The lowest BCUT2D eigenvalue weighted by Gasteiger charge is -2.25. The number of carbonyl (C=O) groups is 2. The number of amides is 1. The molecule has 1 aliphatic heterocycles. The molecule has 6 nitrogen and oxygen atoms in total. The minimum absolute atomic E-state index is 0.0324. The van der Waals surface area contributed by atoms with E-state index in [-0.39, 0.29) is 11.9 Å². The van der Waals surface area contributed by atoms with Crippen LogP contribution >= 0.6 is 0 Å². The predicted octanol–water partition coefficient (Wildman–Crippen LogP) is 0.431. The molecule has 0 radical (unpaired) electrons. The van der Waals surface area contributed by atoms with Gasteiger partial charge < -0.3 is 15.7 Å². The van der Waals surface area contributed by atoms with Crippen LogP contribution in [-0.4, -0.2) is 60.6 Å². The predicted molar refractivity (Wildman–Crippen MR) is 80.1 cm³/mol. The summed E-state index contributed by atoms with van der Waals surface area (Å²) in [7, 11) is 0. The van der Waals surface area contributed by atoms with Crippen molar-refractivity contribution in [2.75, 3.05) is 32.7 Å². The van der Waals surface area contributed by atoms with Gasteiger partial charge in [-0.15, -0.1) is 0 Å². The molecule has 2 aliphatic rings. The van der Waals surface area contributed by atoms with Crippen LogP contribution in [0.3, 0.4) is 0 Å². The fraction of sp³-hybridized carbons (Fsp3) is 0.867. The molecule has 1 saturated heterocycles. The Hall–Kier alpha value is -1.14. The smallest absolute Gasteiger partial charge is 0.308 e. The third kappa shape index (κ3) is 5.28. The van der Waals surface area contributed by atoms with Crippen LogP contribution in [0.25, 0.3) is 0 Å². The maximum Gasteiger partial charge on any atom is 0.308 e. The van der Waals surface area contributed by atoms with Crippen molar-refractivity contribution in [3.8, 4) is 0 Å². The molecule has 2 rings (SSSR count). The fourth-order valence-corrected chi connectivity index (χ4v) is 3.29. The topological polar surface area (TPSA) is 81.7 Å². The van der Waals surface area contributed by atoms with Crippen LogP contribution in [0.4, 0.5) is 0 Å². The van der Waals surface area contributed by atoms with Crippen molar-refractivity contribution in [3.63, 3.8) is 0 Å². The van der Waals surface area contributed by atoms with Gasteiger partial charge in [0.25, 0.3) is 0 Å². The van der Waals surface area contributed by atoms with Gasteiger partial charge in [0.1, 0.15) is 0 Å². The molecule has 120 valence electrons. The Labute approximate surface area is 126 Å². The van der Waals surface area contributed by atoms with Crippen molar-refractivity contribution in [2.45, 2.75) is 44.6 Å². The lowest BCUT2D eigenvalue weighted by molar-refractivity contribution is -0.143. The van der Waals surface area contributed by atoms with Crippen LogP contribution in [0.5, 0.6) is 0 Å². The Morgan fingerprint density at radius 2 is 1.90 bits per heavy atom. The van der Waals surface area contributed by atoms with Gasteiger partial charge in [-0.3, -0.25) is 14.5 Å². The molecular weight excluding hydrogens is 270 g/mol. The molecule has 2 unspecified atom stereocenters. The largest absolute Gasteiger partial charge is 0.481 e. The van der Waals surface area contributed by atoms with E-state index in [1.807, 2.05) is 0 Å². The number of hydrogen-bond donors (Lipinski definition) is 3. The Balaban J connectivity index is 1.85. The normalized spacial score (nSPS) is 28.4. The van der Waals surface area contributed by atoms with E-state index in [0.717, 1.165) is 58.3 Å². The lowest BCUT2D eigenvalue weighted by atomic mass is 9.95. The van der Waals surface area contributed by atoms with E-state index in [2.05, 4.69) is 15.5 Å². The molecular formula is C15H27N3O3. The zero-order valence-corrected chi connectivity index (χ0v) is 12.6. The van der Waals surface area contributed by atoms with Crippen molar-refractivity contribution in [1.29, 1.82) is 0 Å². The monoisotopic (exact) mass is 297 g/mol. The highest BCUT2D eigenvalue weighted by molar-refractivity contribution is 5.79. The average molecular weight is 297 g/mol. The van der Waals surface area contributed by atoms with Crippen LogP contribution in [0.15, 0.2) is 0 Å². The van der Waals surface area contributed by atoms with Crippen LogP contribution in [0.1, 0.15) is 38.5 Å². The van der Waals surface area contributed by atoms with Crippen molar-refractivity contribution in [3.05, 3.63) is 0 Å². The number of nitrogens with one attached hydrogen (secondary N) is 2.